The van der Waals surface area contributed by atoms with Gasteiger partial charge in [-0.2, -0.15) is 13.2 Å². The first-order chi connectivity index (χ1) is 16.2. The lowest BCUT2D eigenvalue weighted by atomic mass is 10.0. The van der Waals surface area contributed by atoms with Crippen LogP contribution in [-0.2, 0) is 6.18 Å². The van der Waals surface area contributed by atoms with Gasteiger partial charge in [-0.15, -0.1) is 0 Å². The molecular weight excluding hydrogens is 447 g/mol. The average molecular weight is 467 g/mol. The Morgan fingerprint density at radius 1 is 1.06 bits per heavy atom. The normalized spacial score (nSPS) is 11.4. The molecule has 0 atom stereocenters. The maximum atomic E-state index is 13.0. The number of carbonyl (C=O) groups is 1. The number of nitrogens with one attached hydrogen (secondary N) is 2. The van der Waals surface area contributed by atoms with Crippen molar-refractivity contribution >= 4 is 28.4 Å². The molecule has 0 saturated carbocycles. The van der Waals surface area contributed by atoms with E-state index < -0.39 is 17.6 Å². The zero-order chi connectivity index (χ0) is 24.3. The maximum Gasteiger partial charge on any atom is 0.416 e. The van der Waals surface area contributed by atoms with Gasteiger partial charge >= 0.3 is 6.18 Å². The van der Waals surface area contributed by atoms with Crippen LogP contribution in [0, 0.1) is 6.92 Å². The molecule has 2 aromatic carbocycles. The number of carbonyl (C=O) groups excluding carboxylic acids is 1. The van der Waals surface area contributed by atoms with E-state index in [1.165, 1.54) is 12.1 Å². The number of nitrogens with zero attached hydrogens (tertiary/aromatic N) is 3. The van der Waals surface area contributed by atoms with Crippen molar-refractivity contribution in [1.82, 2.24) is 15.0 Å². The van der Waals surface area contributed by atoms with E-state index in [-0.39, 0.29) is 12.2 Å². The first-order valence-corrected chi connectivity index (χ1v) is 10.3. The molecule has 0 unspecified atom stereocenters. The summed E-state index contributed by atoms with van der Waals surface area (Å²) >= 11 is 0. The number of amides is 1. The Labute approximate surface area is 192 Å². The van der Waals surface area contributed by atoms with Crippen LogP contribution < -0.4 is 10.6 Å². The Morgan fingerprint density at radius 2 is 1.88 bits per heavy atom. The van der Waals surface area contributed by atoms with Crippen molar-refractivity contribution in [2.24, 2.45) is 0 Å². The Bertz CT molecular complexity index is 1360. The fourth-order valence-corrected chi connectivity index (χ4v) is 3.35. The fourth-order valence-electron chi connectivity index (χ4n) is 3.35. The predicted octanol–water partition coefficient (Wildman–Crippen LogP) is 4.68. The summed E-state index contributed by atoms with van der Waals surface area (Å²) in [5.41, 5.74) is 2.32. The lowest BCUT2D eigenvalue weighted by molar-refractivity contribution is -0.137. The number of hydrogen-bond donors (Lipinski definition) is 3. The van der Waals surface area contributed by atoms with Crippen molar-refractivity contribution in [3.05, 3.63) is 77.6 Å². The van der Waals surface area contributed by atoms with E-state index in [1.807, 2.05) is 13.0 Å². The highest BCUT2D eigenvalue weighted by atomic mass is 19.4. The van der Waals surface area contributed by atoms with Crippen LogP contribution in [0.2, 0.25) is 0 Å². The highest BCUT2D eigenvalue weighted by Gasteiger charge is 2.30. The second-order valence-electron chi connectivity index (χ2n) is 7.53. The summed E-state index contributed by atoms with van der Waals surface area (Å²) in [4.78, 5) is 25.6. The number of anilines is 2. The topological polar surface area (TPSA) is 100 Å². The third-order valence-corrected chi connectivity index (χ3v) is 5.08. The van der Waals surface area contributed by atoms with Crippen molar-refractivity contribution in [3.63, 3.8) is 0 Å². The van der Waals surface area contributed by atoms with Crippen LogP contribution >= 0.6 is 0 Å². The minimum Gasteiger partial charge on any atom is -0.395 e. The van der Waals surface area contributed by atoms with Gasteiger partial charge in [0.05, 0.1) is 29.6 Å². The molecule has 0 fully saturated rings. The van der Waals surface area contributed by atoms with Gasteiger partial charge in [0.25, 0.3) is 5.91 Å². The minimum absolute atomic E-state index is 0.0432. The van der Waals surface area contributed by atoms with E-state index in [0.29, 0.717) is 29.4 Å². The first kappa shape index (κ1) is 23.1. The lowest BCUT2D eigenvalue weighted by Crippen LogP contribution is -2.14. The van der Waals surface area contributed by atoms with Gasteiger partial charge in [0.2, 0.25) is 5.95 Å². The van der Waals surface area contributed by atoms with Gasteiger partial charge in [-0.1, -0.05) is 12.1 Å². The standard InChI is InChI=1S/C24H20F3N5O2/c1-14-5-6-18(31-22(34)15-3-2-4-17(9-15)24(25,26)27)11-19(14)20-10-16-12-30-23(28-7-8-33)32-21(16)13-29-20/h2-6,9-13,33H,7-8H2,1H3,(H,31,34)(H,28,30,32). The molecule has 0 saturated heterocycles. The molecule has 174 valence electrons. The Morgan fingerprint density at radius 3 is 2.65 bits per heavy atom. The summed E-state index contributed by atoms with van der Waals surface area (Å²) in [6, 6.07) is 11.3. The number of aryl methyl sites for hydroxylation is 1. The summed E-state index contributed by atoms with van der Waals surface area (Å²) in [6.45, 7) is 2.17. The third kappa shape index (κ3) is 5.12. The van der Waals surface area contributed by atoms with E-state index in [9.17, 15) is 18.0 Å². The fraction of sp³-hybridized carbons (Fsp3) is 0.167. The quantitative estimate of drug-likeness (QED) is 0.381. The molecule has 2 heterocycles. The van der Waals surface area contributed by atoms with Crippen molar-refractivity contribution in [2.45, 2.75) is 13.1 Å². The van der Waals surface area contributed by atoms with Gasteiger partial charge in [-0.05, 0) is 48.9 Å². The van der Waals surface area contributed by atoms with Crippen molar-refractivity contribution < 1.29 is 23.1 Å². The number of fused-ring (bicyclic) bond motifs is 1. The number of halogens is 3. The average Bonchev–Trinajstić information content (AvgIpc) is 2.83. The number of benzene rings is 2. The Balaban J connectivity index is 1.60. The first-order valence-electron chi connectivity index (χ1n) is 10.3. The van der Waals surface area contributed by atoms with Crippen LogP contribution in [0.1, 0.15) is 21.5 Å². The zero-order valence-corrected chi connectivity index (χ0v) is 18.0. The van der Waals surface area contributed by atoms with Crippen LogP contribution in [0.5, 0.6) is 0 Å². The lowest BCUT2D eigenvalue weighted by Gasteiger charge is -2.12. The van der Waals surface area contributed by atoms with Crippen molar-refractivity contribution in [2.75, 3.05) is 23.8 Å². The molecule has 2 aromatic heterocycles. The molecule has 0 aliphatic rings. The van der Waals surface area contributed by atoms with Gasteiger partial charge < -0.3 is 15.7 Å². The predicted molar refractivity (Wildman–Crippen MR) is 122 cm³/mol. The highest BCUT2D eigenvalue weighted by Crippen LogP contribution is 2.30. The number of alkyl halides is 3. The summed E-state index contributed by atoms with van der Waals surface area (Å²) in [7, 11) is 0. The molecule has 0 aliphatic heterocycles. The van der Waals surface area contributed by atoms with Crippen LogP contribution in [0.15, 0.2) is 60.9 Å². The highest BCUT2D eigenvalue weighted by molar-refractivity contribution is 6.04. The Hall–Kier alpha value is -4.05. The largest absolute Gasteiger partial charge is 0.416 e. The molecule has 0 aliphatic carbocycles. The third-order valence-electron chi connectivity index (χ3n) is 5.08. The molecule has 4 aromatic rings. The molecule has 0 spiro atoms. The molecule has 3 N–H and O–H groups in total. The monoisotopic (exact) mass is 467 g/mol. The van der Waals surface area contributed by atoms with E-state index >= 15 is 0 Å². The van der Waals surface area contributed by atoms with E-state index in [1.54, 1.807) is 30.6 Å². The molecular formula is C24H20F3N5O2. The second kappa shape index (κ2) is 9.44. The minimum atomic E-state index is -4.53. The van der Waals surface area contributed by atoms with Gasteiger partial charge in [-0.3, -0.25) is 9.78 Å². The number of aliphatic hydroxyl groups is 1. The number of aromatic nitrogens is 3. The van der Waals surface area contributed by atoms with E-state index in [2.05, 4.69) is 25.6 Å². The van der Waals surface area contributed by atoms with E-state index in [4.69, 9.17) is 5.11 Å². The summed E-state index contributed by atoms with van der Waals surface area (Å²) in [5, 5.41) is 15.2. The molecule has 34 heavy (non-hydrogen) atoms. The van der Waals surface area contributed by atoms with Crippen molar-refractivity contribution in [1.29, 1.82) is 0 Å². The smallest absolute Gasteiger partial charge is 0.395 e. The summed E-state index contributed by atoms with van der Waals surface area (Å²) in [6.07, 6.45) is -1.29. The SMILES string of the molecule is Cc1ccc(NC(=O)c2cccc(C(F)(F)F)c2)cc1-c1cc2cnc(NCCO)nc2cn1. The van der Waals surface area contributed by atoms with Crippen LogP contribution in [-0.4, -0.2) is 39.1 Å². The summed E-state index contributed by atoms with van der Waals surface area (Å²) < 4.78 is 38.9. The molecule has 10 heteroatoms. The number of hydrogen-bond acceptors (Lipinski definition) is 6. The van der Waals surface area contributed by atoms with Gasteiger partial charge in [0.1, 0.15) is 0 Å². The number of pyridine rings is 1. The van der Waals surface area contributed by atoms with E-state index in [0.717, 1.165) is 28.6 Å². The zero-order valence-electron chi connectivity index (χ0n) is 18.0. The van der Waals surface area contributed by atoms with Gasteiger partial charge in [-0.25, -0.2) is 9.97 Å². The van der Waals surface area contributed by atoms with Crippen LogP contribution in [0.4, 0.5) is 24.8 Å². The van der Waals surface area contributed by atoms with Gasteiger partial charge in [0.15, 0.2) is 0 Å². The number of rotatable bonds is 6. The molecule has 0 bridgehead atoms. The van der Waals surface area contributed by atoms with Crippen molar-refractivity contribution in [3.8, 4) is 11.3 Å². The molecule has 1 amide bonds. The molecule has 7 nitrogen and oxygen atoms in total. The second-order valence-corrected chi connectivity index (χ2v) is 7.53. The molecule has 0 radical (unpaired) electrons. The number of aliphatic hydroxyl groups excluding tert-OH is 1. The Kier molecular flexibility index (Phi) is 6.42. The molecule has 4 rings (SSSR count). The van der Waals surface area contributed by atoms with Crippen LogP contribution in [0.25, 0.3) is 22.2 Å². The van der Waals surface area contributed by atoms with Gasteiger partial charge in [0, 0.05) is 34.9 Å². The van der Waals surface area contributed by atoms with Crippen LogP contribution in [0.3, 0.4) is 0 Å². The maximum absolute atomic E-state index is 13.0. The summed E-state index contributed by atoms with van der Waals surface area (Å²) in [5.74, 6) is -0.268.